The molecule has 8 N–H and O–H groups in total. The van der Waals surface area contributed by atoms with E-state index in [0.29, 0.717) is 74.8 Å². The van der Waals surface area contributed by atoms with Crippen molar-refractivity contribution in [3.63, 3.8) is 0 Å². The first-order chi connectivity index (χ1) is 34.3. The second-order valence-corrected chi connectivity index (χ2v) is 21.7. The standard InChI is InChI=1S/C52H55B2N5O12S2.BrH.Na.H/c1-33(2)49(60)55-26-11-27-56-50(61)35-16-22-44(57-30-35)34(17-24-47-51(3,4)40-21-19-39(73(69,70)71)29-46(40)59(47)32-37-13-8-10-15-43(37)54(64)65)18-25-48-52(5,6)41-28-38(72(66,67)68)20-23-45(41)58(48)31-36-12-7-9-14-42(36)53(62)63;;;/h7-10,12-25,28-30,62-65H,1,11,26-27,31-32H2,2-6H3,(H3-,55,56,60,61,66,67,68,69,70,71);1H;;/p+1. The van der Waals surface area contributed by atoms with Gasteiger partial charge in [0.15, 0.2) is 12.3 Å². The Morgan fingerprint density at radius 2 is 1.36 bits per heavy atom. The summed E-state index contributed by atoms with van der Waals surface area (Å²) in [6.45, 7) is 13.6. The van der Waals surface area contributed by atoms with Crippen LogP contribution >= 0.6 is 17.0 Å². The molecule has 0 fully saturated rings. The van der Waals surface area contributed by atoms with Gasteiger partial charge < -0.3 is 35.6 Å². The van der Waals surface area contributed by atoms with Gasteiger partial charge in [0.25, 0.3) is 26.1 Å². The maximum atomic E-state index is 13.3. The molecule has 17 nitrogen and oxygen atoms in total. The number of benzene rings is 4. The number of allylic oxidation sites excluding steroid dienone is 6. The van der Waals surface area contributed by atoms with E-state index in [1.54, 1.807) is 91.9 Å². The molecule has 5 aromatic rings. The molecule has 0 aliphatic carbocycles. The Morgan fingerprint density at radius 3 is 1.96 bits per heavy atom. The van der Waals surface area contributed by atoms with Crippen molar-refractivity contribution in [2.24, 2.45) is 0 Å². The fourth-order valence-electron chi connectivity index (χ4n) is 9.19. The topological polar surface area (TPSA) is 267 Å². The summed E-state index contributed by atoms with van der Waals surface area (Å²) in [4.78, 5) is 31.2. The van der Waals surface area contributed by atoms with Crippen LogP contribution in [0.25, 0.3) is 5.57 Å². The second kappa shape index (κ2) is 24.3. The molecule has 0 bridgehead atoms. The van der Waals surface area contributed by atoms with E-state index in [-0.39, 0.29) is 98.4 Å². The van der Waals surface area contributed by atoms with Crippen molar-refractivity contribution in [3.8, 4) is 0 Å². The van der Waals surface area contributed by atoms with Gasteiger partial charge in [-0.3, -0.25) is 23.7 Å². The average molecular weight is 1130 g/mol. The van der Waals surface area contributed by atoms with Gasteiger partial charge in [0.2, 0.25) is 11.6 Å². The first-order valence-corrected chi connectivity index (χ1v) is 26.0. The molecule has 1 aromatic heterocycles. The SMILES string of the molecule is Br.C=C(C)C(=O)NCCCNC(=O)c1ccc(C(=C\C=C2/N(Cc3ccccc3B(O)O)c3ccc(S(=O)(=O)O)cc3C2(C)C)/C=C/C2=[N+](Cc3ccccc3B(O)O)c3cc(S(=O)(=O)O)ccc3C2(C)C)nc1.[NaH]. The van der Waals surface area contributed by atoms with Gasteiger partial charge in [-0.15, -0.1) is 17.0 Å². The summed E-state index contributed by atoms with van der Waals surface area (Å²) in [6.07, 6.45) is 9.11. The molecular formula is C52H58B2BrN5NaO12S2+. The summed E-state index contributed by atoms with van der Waals surface area (Å²) in [6, 6.07) is 25.3. The fraction of sp³-hybridized carbons (Fsp3) is 0.231. The zero-order valence-electron chi connectivity index (χ0n) is 41.2. The van der Waals surface area contributed by atoms with E-state index in [1.165, 1.54) is 30.5 Å². The zero-order chi connectivity index (χ0) is 53.2. The Bertz CT molecular complexity index is 3390. The van der Waals surface area contributed by atoms with E-state index in [0.717, 1.165) is 0 Å². The van der Waals surface area contributed by atoms with Gasteiger partial charge in [-0.05, 0) is 104 Å². The summed E-state index contributed by atoms with van der Waals surface area (Å²) >= 11 is 0. The van der Waals surface area contributed by atoms with E-state index in [4.69, 9.17) is 4.98 Å². The van der Waals surface area contributed by atoms with Crippen LogP contribution in [-0.4, -0.2) is 130 Å². The second-order valence-electron chi connectivity index (χ2n) is 18.8. The number of anilines is 1. The quantitative estimate of drug-likeness (QED) is 0.0155. The van der Waals surface area contributed by atoms with Crippen LogP contribution in [-0.2, 0) is 49.0 Å². The minimum atomic E-state index is -4.64. The molecule has 388 valence electrons. The summed E-state index contributed by atoms with van der Waals surface area (Å²) < 4.78 is 72.0. The van der Waals surface area contributed by atoms with E-state index in [2.05, 4.69) is 17.2 Å². The van der Waals surface area contributed by atoms with E-state index >= 15 is 0 Å². The number of rotatable bonds is 18. The average Bonchev–Trinajstić information content (AvgIpc) is 3.67. The van der Waals surface area contributed by atoms with Crippen LogP contribution in [0, 0.1) is 0 Å². The molecule has 23 heteroatoms. The molecule has 7 rings (SSSR count). The maximum absolute atomic E-state index is 13.3. The van der Waals surface area contributed by atoms with Gasteiger partial charge in [0.1, 0.15) is 4.90 Å². The van der Waals surface area contributed by atoms with Crippen LogP contribution in [0.2, 0.25) is 0 Å². The number of fused-ring (bicyclic) bond motifs is 2. The summed E-state index contributed by atoms with van der Waals surface area (Å²) in [5.74, 6) is -0.682. The normalized spacial score (nSPS) is 15.2. The number of aromatic nitrogens is 1. The van der Waals surface area contributed by atoms with Gasteiger partial charge in [0.05, 0.1) is 21.6 Å². The number of hydrogen-bond donors (Lipinski definition) is 8. The molecule has 4 aromatic carbocycles. The Hall–Kier alpha value is -5.33. The van der Waals surface area contributed by atoms with Crippen molar-refractivity contribution >= 4 is 126 Å². The Labute approximate surface area is 470 Å². The van der Waals surface area contributed by atoms with Crippen LogP contribution in [0.1, 0.15) is 79.3 Å². The van der Waals surface area contributed by atoms with E-state index in [1.807, 2.05) is 49.3 Å². The summed E-state index contributed by atoms with van der Waals surface area (Å²) in [7, 11) is -12.9. The molecule has 3 heterocycles. The van der Waals surface area contributed by atoms with Crippen LogP contribution < -0.4 is 26.5 Å². The molecule has 0 atom stereocenters. The van der Waals surface area contributed by atoms with Crippen molar-refractivity contribution in [2.45, 2.75) is 74.7 Å². The molecule has 0 saturated heterocycles. The number of carbonyl (C=O) groups is 2. The monoisotopic (exact) mass is 1130 g/mol. The predicted octanol–water partition coefficient (Wildman–Crippen LogP) is 3.77. The molecule has 0 radical (unpaired) electrons. The number of carbonyl (C=O) groups excluding carboxylic acids is 2. The van der Waals surface area contributed by atoms with Crippen LogP contribution in [0.15, 0.2) is 155 Å². The molecule has 75 heavy (non-hydrogen) atoms. The zero-order valence-corrected chi connectivity index (χ0v) is 44.6. The first-order valence-electron chi connectivity index (χ1n) is 23.1. The number of amides is 2. The molecule has 0 saturated carbocycles. The predicted molar refractivity (Wildman–Crippen MR) is 298 cm³/mol. The summed E-state index contributed by atoms with van der Waals surface area (Å²) in [5.41, 5.74) is 4.89. The number of nitrogens with zero attached hydrogens (tertiary/aromatic N) is 3. The van der Waals surface area contributed by atoms with Crippen molar-refractivity contribution < 1.29 is 60.2 Å². The van der Waals surface area contributed by atoms with Gasteiger partial charge in [-0.25, -0.2) is 0 Å². The van der Waals surface area contributed by atoms with E-state index < -0.39 is 51.2 Å². The molecule has 0 spiro atoms. The Kier molecular flexibility index (Phi) is 19.6. The number of pyridine rings is 1. The molecule has 2 aliphatic rings. The van der Waals surface area contributed by atoms with Crippen LogP contribution in [0.4, 0.5) is 11.4 Å². The number of halogens is 1. The third-order valence-corrected chi connectivity index (χ3v) is 14.8. The molecule has 2 amide bonds. The van der Waals surface area contributed by atoms with Crippen molar-refractivity contribution in [1.29, 1.82) is 0 Å². The van der Waals surface area contributed by atoms with Crippen LogP contribution in [0.3, 0.4) is 0 Å². The number of hydrogen-bond acceptors (Lipinski definition) is 12. The summed E-state index contributed by atoms with van der Waals surface area (Å²) in [5, 5.41) is 47.0. The molecule has 2 aliphatic heterocycles. The first kappa shape index (κ1) is 60.5. The third-order valence-electron chi connectivity index (χ3n) is 13.1. The fourth-order valence-corrected chi connectivity index (χ4v) is 10.2. The third kappa shape index (κ3) is 13.4. The van der Waals surface area contributed by atoms with Crippen molar-refractivity contribution in [3.05, 3.63) is 179 Å². The molecular weight excluding hydrogens is 1080 g/mol. The van der Waals surface area contributed by atoms with Crippen molar-refractivity contribution in [1.82, 2.24) is 15.6 Å². The number of nitrogens with one attached hydrogen (secondary N) is 2. The van der Waals surface area contributed by atoms with Gasteiger partial charge in [0, 0.05) is 77.0 Å². The van der Waals surface area contributed by atoms with Gasteiger partial charge in [-0.2, -0.15) is 21.4 Å². The van der Waals surface area contributed by atoms with E-state index in [9.17, 15) is 55.6 Å². The van der Waals surface area contributed by atoms with Crippen molar-refractivity contribution in [2.75, 3.05) is 18.0 Å². The minimum absolute atomic E-state index is 0. The van der Waals surface area contributed by atoms with Gasteiger partial charge >= 0.3 is 43.8 Å². The molecule has 0 unspecified atom stereocenters. The van der Waals surface area contributed by atoms with Crippen LogP contribution in [0.5, 0.6) is 0 Å². The van der Waals surface area contributed by atoms with Gasteiger partial charge in [-0.1, -0.05) is 75.0 Å². The Balaban J connectivity index is 0.00000520. The Morgan fingerprint density at radius 1 is 0.773 bits per heavy atom.